The quantitative estimate of drug-likeness (QED) is 0.0234. The molecule has 51 heteroatoms. The number of carboxylic acids is 4. The van der Waals surface area contributed by atoms with Crippen molar-refractivity contribution in [3.63, 3.8) is 0 Å². The summed E-state index contributed by atoms with van der Waals surface area (Å²) in [4.78, 5) is 152. The van der Waals surface area contributed by atoms with Crippen LogP contribution in [0.15, 0.2) is 104 Å². The third kappa shape index (κ3) is 32.0. The molecule has 0 aliphatic carbocycles. The van der Waals surface area contributed by atoms with Gasteiger partial charge in [-0.25, -0.2) is 19.2 Å². The number of carbonyl (C=O) groups excluding carboxylic acids is 1. The van der Waals surface area contributed by atoms with E-state index in [2.05, 4.69) is 105 Å². The summed E-state index contributed by atoms with van der Waals surface area (Å²) in [6, 6.07) is 27.8. The molecule has 0 bridgehead atoms. The number of halogens is 13. The van der Waals surface area contributed by atoms with E-state index in [0.717, 1.165) is 144 Å². The average molecular weight is 2120 g/mol. The molecule has 0 atom stereocenters. The predicted octanol–water partition coefficient (Wildman–Crippen LogP) is 13.4. The molecule has 0 amide bonds. The van der Waals surface area contributed by atoms with E-state index in [-0.39, 0.29) is 34.1 Å². The van der Waals surface area contributed by atoms with Crippen molar-refractivity contribution in [1.29, 1.82) is 0 Å². The summed E-state index contributed by atoms with van der Waals surface area (Å²) in [5.74, 6) is 18.2. The molecule has 5 aliphatic heterocycles. The number of hydrogen-bond acceptors (Lipinski definition) is 26. The van der Waals surface area contributed by atoms with Gasteiger partial charge in [-0.15, -0.1) is 23.7 Å². The second-order valence-corrected chi connectivity index (χ2v) is 34.6. The van der Waals surface area contributed by atoms with Crippen molar-refractivity contribution in [2.45, 2.75) is 195 Å². The third-order valence-corrected chi connectivity index (χ3v) is 23.9. The molecule has 0 spiro atoms. The maximum absolute atomic E-state index is 13.4. The van der Waals surface area contributed by atoms with Gasteiger partial charge in [-0.3, -0.25) is 60.5 Å². The molecule has 149 heavy (non-hydrogen) atoms. The summed E-state index contributed by atoms with van der Waals surface area (Å²) < 4.78 is 146. The minimum Gasteiger partial charge on any atom is -0.475 e. The summed E-state index contributed by atoms with van der Waals surface area (Å²) in [5, 5.41) is 35.7. The lowest BCUT2D eigenvalue weighted by Gasteiger charge is -2.32. The molecule has 0 unspecified atom stereocenters. The minimum absolute atomic E-state index is 0.0931. The van der Waals surface area contributed by atoms with Crippen LogP contribution in [0.1, 0.15) is 141 Å². The van der Waals surface area contributed by atoms with Gasteiger partial charge < -0.3 is 65.2 Å². The number of carboxylic acid groups (broad SMARTS) is 4. The van der Waals surface area contributed by atoms with Crippen molar-refractivity contribution in [2.75, 3.05) is 119 Å². The molecule has 5 fully saturated rings. The fourth-order valence-electron chi connectivity index (χ4n) is 16.1. The van der Waals surface area contributed by atoms with E-state index in [4.69, 9.17) is 85.8 Å². The highest BCUT2D eigenvalue weighted by Gasteiger charge is 2.41. The van der Waals surface area contributed by atoms with Crippen LogP contribution in [0.25, 0.3) is 44.7 Å². The number of piperidine rings is 5. The number of aliphatic carboxylic acids is 4. The molecule has 13 heterocycles. The Kier molecular flexibility index (Phi) is 42.6. The fraction of sp³-hybridized carbons (Fsp3) is 0.480. The highest BCUT2D eigenvalue weighted by Crippen LogP contribution is 2.32. The van der Waals surface area contributed by atoms with Crippen LogP contribution in [-0.4, -0.2) is 230 Å². The van der Waals surface area contributed by atoms with E-state index in [0.29, 0.717) is 152 Å². The molecule has 3 aromatic carbocycles. The summed E-state index contributed by atoms with van der Waals surface area (Å²) in [6.45, 7) is 21.8. The van der Waals surface area contributed by atoms with Crippen molar-refractivity contribution in [2.24, 2.45) is 34.1 Å². The first-order chi connectivity index (χ1) is 70.7. The monoisotopic (exact) mass is 2110 g/mol. The first-order valence-corrected chi connectivity index (χ1v) is 47.7. The number of esters is 1. The SMILES string of the molecule is CC#CCn1c(N2CCCCC2)nc2nc(N(C)Cc3ccccc3)n(C)c(=O)c21.CC#CCn1c(N2CCCCC2)nc2nc(N3CCC(C(=O)OCC)CC3)n(C)c(=O)c21.CC#CCn1c(N2CCCCC2)nc2nc(NCc3ccc(Cl)cc3)n(C)c(=O)c21.CC#CCn1c(N2CCCCC2)nc2nc(NCc3ccccc3)n(C)c(=O)c21.O=C(O)C(F)(F)F.O=C(O)C(F)(F)F.O=C(O)C(F)(F)F.O=C(O)C(F)(F)F. The lowest BCUT2D eigenvalue weighted by molar-refractivity contribution is -0.193. The van der Waals surface area contributed by atoms with Crippen LogP contribution in [0.4, 0.5) is 100 Å². The Balaban J connectivity index is 0.000000202. The van der Waals surface area contributed by atoms with Crippen LogP contribution >= 0.6 is 11.6 Å². The van der Waals surface area contributed by atoms with Crippen LogP contribution in [0.5, 0.6) is 0 Å². The van der Waals surface area contributed by atoms with Crippen LogP contribution in [-0.2, 0) is 103 Å². The van der Waals surface area contributed by atoms with Crippen molar-refractivity contribution >= 4 is 134 Å². The van der Waals surface area contributed by atoms with Gasteiger partial charge in [-0.05, 0) is 153 Å². The number of alkyl halides is 12. The normalized spacial score (nSPS) is 14.2. The zero-order chi connectivity index (χ0) is 109. The van der Waals surface area contributed by atoms with E-state index in [9.17, 15) is 76.7 Å². The van der Waals surface area contributed by atoms with Crippen molar-refractivity contribution in [3.8, 4) is 47.4 Å². The highest BCUT2D eigenvalue weighted by molar-refractivity contribution is 6.30. The minimum atomic E-state index is -5.08. The smallest absolute Gasteiger partial charge is 0.475 e. The first kappa shape index (κ1) is 117. The Morgan fingerprint density at radius 1 is 0.383 bits per heavy atom. The Labute approximate surface area is 851 Å². The van der Waals surface area contributed by atoms with E-state index >= 15 is 0 Å². The number of rotatable bonds is 20. The van der Waals surface area contributed by atoms with Crippen molar-refractivity contribution in [1.82, 2.24) is 76.4 Å². The Bertz CT molecular complexity index is 6890. The van der Waals surface area contributed by atoms with Gasteiger partial charge in [0, 0.05) is 125 Å². The van der Waals surface area contributed by atoms with Crippen LogP contribution in [0, 0.1) is 53.3 Å². The molecule has 0 radical (unpaired) electrons. The van der Waals surface area contributed by atoms with Crippen LogP contribution < -0.4 is 62.3 Å². The molecule has 8 aromatic heterocycles. The number of anilines is 8. The van der Waals surface area contributed by atoms with Gasteiger partial charge in [0.15, 0.2) is 44.7 Å². The third-order valence-electron chi connectivity index (χ3n) is 23.7. The van der Waals surface area contributed by atoms with Gasteiger partial charge in [-0.2, -0.15) is 92.6 Å². The van der Waals surface area contributed by atoms with Gasteiger partial charge in [-0.1, -0.05) is 108 Å². The number of aromatic nitrogens is 16. The number of ether oxygens (including phenoxy) is 1. The molecular formula is C98H115ClF12N24O14. The average Bonchev–Trinajstić information content (AvgIpc) is 1.63. The predicted molar refractivity (Wildman–Crippen MR) is 537 cm³/mol. The molecule has 11 aromatic rings. The number of nitrogens with zero attached hydrogens (tertiary/aromatic N) is 22. The van der Waals surface area contributed by atoms with Gasteiger partial charge >= 0.3 is 54.6 Å². The maximum Gasteiger partial charge on any atom is 0.490 e. The topological polar surface area (TPSA) is 430 Å². The zero-order valence-corrected chi connectivity index (χ0v) is 84.2. The number of fused-ring (bicyclic) bond motifs is 4. The molecule has 5 aliphatic rings. The molecule has 802 valence electrons. The number of benzene rings is 3. The molecule has 16 rings (SSSR count). The lowest BCUT2D eigenvalue weighted by Crippen LogP contribution is -2.40. The lowest BCUT2D eigenvalue weighted by atomic mass is 9.97. The first-order valence-electron chi connectivity index (χ1n) is 47.3. The Hall–Kier alpha value is -15.5. The molecule has 38 nitrogen and oxygen atoms in total. The second kappa shape index (κ2) is 54.3. The van der Waals surface area contributed by atoms with E-state index < -0.39 is 48.6 Å². The fourth-order valence-corrected chi connectivity index (χ4v) is 16.3. The van der Waals surface area contributed by atoms with Crippen molar-refractivity contribution in [3.05, 3.63) is 148 Å². The zero-order valence-electron chi connectivity index (χ0n) is 83.4. The summed E-state index contributed by atoms with van der Waals surface area (Å²) in [6.07, 6.45) is -5.00. The van der Waals surface area contributed by atoms with Gasteiger partial charge in [0.1, 0.15) is 0 Å². The summed E-state index contributed by atoms with van der Waals surface area (Å²) in [5.41, 5.74) is 6.80. The standard InChI is InChI=1S/C23H32N6O3.C23H28N6O.C22H25ClN6O.C22H26N6O.4C2HF3O2/c1-4-6-14-29-18-19(25-23(29)27-12-8-7-9-13-27)24-22(26(3)20(18)30)28-15-10-17(11-16-28)21(31)32-5-2;1-4-5-16-29-19-20(25-23(29)28-14-10-7-11-15-28)24-22(27(3)21(19)30)26(2)17-18-12-8-6-9-13-18;1-3-4-14-29-18-19(26-22(29)28-12-6-5-7-13-28)25-21(27(2)20(18)30)24-15-16-8-10-17(23)11-9-16;1-3-4-15-28-18-19(25-22(28)27-13-9-6-10-14-27)24-21(26(2)20(18)29)23-16-17-11-7-5-8-12-17;4*3-2(4,5)1(6)7/h17H,5,7-16H2,1-3H3;6,8-9,12-13H,7,10-11,14-17H2,1-3H3;8-11H,5-7,12-15H2,1-2H3,(H,24,25);5,7-8,11-12H,6,9-10,13-16H2,1-2H3,(H,23,24);4*(H,6,7). The second-order valence-electron chi connectivity index (χ2n) is 34.1. The molecule has 5 saturated heterocycles. The largest absolute Gasteiger partial charge is 0.490 e. The molecule has 0 saturated carbocycles. The highest BCUT2D eigenvalue weighted by atomic mass is 35.5. The molecular weight excluding hydrogens is 2000 g/mol. The number of imidazole rings is 4. The van der Waals surface area contributed by atoms with E-state index in [1.807, 2.05) is 124 Å². The summed E-state index contributed by atoms with van der Waals surface area (Å²) >= 11 is 5.96. The van der Waals surface area contributed by atoms with Gasteiger partial charge in [0.25, 0.3) is 22.2 Å². The Morgan fingerprint density at radius 3 is 0.953 bits per heavy atom. The number of hydrogen-bond donors (Lipinski definition) is 6. The number of carbonyl (C=O) groups is 5. The Morgan fingerprint density at radius 2 is 0.651 bits per heavy atom. The van der Waals surface area contributed by atoms with E-state index in [1.165, 1.54) is 30.3 Å². The van der Waals surface area contributed by atoms with E-state index in [1.54, 1.807) is 55.7 Å². The molecule has 6 N–H and O–H groups in total. The van der Waals surface area contributed by atoms with Crippen LogP contribution in [0.3, 0.4) is 0 Å². The van der Waals surface area contributed by atoms with Crippen molar-refractivity contribution < 1.29 is 102 Å². The summed E-state index contributed by atoms with van der Waals surface area (Å²) in [7, 11) is 8.94. The van der Waals surface area contributed by atoms with Crippen LogP contribution in [0.2, 0.25) is 5.02 Å². The maximum atomic E-state index is 13.4. The van der Waals surface area contributed by atoms with Gasteiger partial charge in [0.05, 0.1) is 38.7 Å². The number of nitrogens with one attached hydrogen (secondary N) is 2. The van der Waals surface area contributed by atoms with Gasteiger partial charge in [0.2, 0.25) is 47.6 Å².